The van der Waals surface area contributed by atoms with Crippen LogP contribution in [0, 0.1) is 5.92 Å². The van der Waals surface area contributed by atoms with Crippen molar-refractivity contribution in [2.75, 3.05) is 6.54 Å². The summed E-state index contributed by atoms with van der Waals surface area (Å²) in [6.45, 7) is 5.93. The van der Waals surface area contributed by atoms with Crippen molar-refractivity contribution in [2.45, 2.75) is 58.4 Å². The minimum Gasteiger partial charge on any atom is -0.314 e. The van der Waals surface area contributed by atoms with Crippen molar-refractivity contribution in [1.82, 2.24) is 5.32 Å². The van der Waals surface area contributed by atoms with Crippen LogP contribution in [0.5, 0.6) is 0 Å². The summed E-state index contributed by atoms with van der Waals surface area (Å²) in [6.07, 6.45) is 8.40. The van der Waals surface area contributed by atoms with E-state index in [1.807, 2.05) is 0 Å². The molecule has 12 heavy (non-hydrogen) atoms. The average molecular weight is 169 g/mol. The van der Waals surface area contributed by atoms with E-state index in [-0.39, 0.29) is 0 Å². The van der Waals surface area contributed by atoms with Gasteiger partial charge in [0.05, 0.1) is 0 Å². The van der Waals surface area contributed by atoms with Crippen LogP contribution in [0.15, 0.2) is 0 Å². The summed E-state index contributed by atoms with van der Waals surface area (Å²) in [6, 6.07) is 0.844. The molecule has 1 N–H and O–H groups in total. The third-order valence-electron chi connectivity index (χ3n) is 2.90. The summed E-state index contributed by atoms with van der Waals surface area (Å²) in [5.74, 6) is 0.931. The molecule has 2 atom stereocenters. The zero-order chi connectivity index (χ0) is 8.81. The fourth-order valence-electron chi connectivity index (χ4n) is 2.11. The van der Waals surface area contributed by atoms with Crippen LogP contribution in [0.3, 0.4) is 0 Å². The monoisotopic (exact) mass is 169 g/mol. The maximum Gasteiger partial charge on any atom is 0.00700 e. The maximum absolute atomic E-state index is 3.56. The molecule has 1 nitrogen and oxygen atoms in total. The van der Waals surface area contributed by atoms with Gasteiger partial charge in [0, 0.05) is 6.04 Å². The van der Waals surface area contributed by atoms with Crippen LogP contribution in [-0.2, 0) is 0 Å². The molecular weight excluding hydrogens is 146 g/mol. The summed E-state index contributed by atoms with van der Waals surface area (Å²) < 4.78 is 0. The molecule has 1 aliphatic rings. The molecule has 0 aromatic rings. The highest BCUT2D eigenvalue weighted by Gasteiger charge is 2.16. The van der Waals surface area contributed by atoms with E-state index in [1.165, 1.54) is 45.1 Å². The molecule has 0 aromatic carbocycles. The first kappa shape index (κ1) is 10.0. The SMILES string of the molecule is CCCCC(C)CC1CCCN1. The smallest absolute Gasteiger partial charge is 0.00700 e. The molecule has 0 aromatic heterocycles. The summed E-state index contributed by atoms with van der Waals surface area (Å²) in [4.78, 5) is 0. The third-order valence-corrected chi connectivity index (χ3v) is 2.90. The molecule has 1 heterocycles. The van der Waals surface area contributed by atoms with E-state index in [0.29, 0.717) is 0 Å². The number of nitrogens with one attached hydrogen (secondary N) is 1. The minimum atomic E-state index is 0.844. The Morgan fingerprint density at radius 3 is 2.92 bits per heavy atom. The molecule has 0 amide bonds. The molecular formula is C11H23N. The van der Waals surface area contributed by atoms with Crippen molar-refractivity contribution in [3.8, 4) is 0 Å². The van der Waals surface area contributed by atoms with Crippen molar-refractivity contribution in [1.29, 1.82) is 0 Å². The zero-order valence-electron chi connectivity index (χ0n) is 8.60. The van der Waals surface area contributed by atoms with Gasteiger partial charge in [-0.05, 0) is 31.7 Å². The molecule has 1 heteroatoms. The standard InChI is InChI=1S/C11H23N/c1-3-4-6-10(2)9-11-7-5-8-12-11/h10-12H,3-9H2,1-2H3. The quantitative estimate of drug-likeness (QED) is 0.667. The minimum absolute atomic E-state index is 0.844. The van der Waals surface area contributed by atoms with E-state index in [2.05, 4.69) is 19.2 Å². The lowest BCUT2D eigenvalue weighted by Gasteiger charge is -2.16. The fourth-order valence-corrected chi connectivity index (χ4v) is 2.11. The Morgan fingerprint density at radius 2 is 2.33 bits per heavy atom. The van der Waals surface area contributed by atoms with Gasteiger partial charge in [0.2, 0.25) is 0 Å². The Morgan fingerprint density at radius 1 is 1.50 bits per heavy atom. The molecule has 0 spiro atoms. The number of hydrogen-bond acceptors (Lipinski definition) is 1. The van der Waals surface area contributed by atoms with E-state index in [4.69, 9.17) is 0 Å². The van der Waals surface area contributed by atoms with Gasteiger partial charge in [0.15, 0.2) is 0 Å². The average Bonchev–Trinajstić information content (AvgIpc) is 2.53. The first-order valence-corrected chi connectivity index (χ1v) is 5.56. The molecule has 2 unspecified atom stereocenters. The zero-order valence-corrected chi connectivity index (χ0v) is 8.60. The van der Waals surface area contributed by atoms with Crippen LogP contribution < -0.4 is 5.32 Å². The normalized spacial score (nSPS) is 26.0. The first-order chi connectivity index (χ1) is 5.83. The van der Waals surface area contributed by atoms with Crippen molar-refractivity contribution in [3.05, 3.63) is 0 Å². The maximum atomic E-state index is 3.56. The molecule has 1 aliphatic heterocycles. The molecule has 0 aliphatic carbocycles. The second kappa shape index (κ2) is 5.58. The second-order valence-electron chi connectivity index (χ2n) is 4.28. The van der Waals surface area contributed by atoms with Gasteiger partial charge < -0.3 is 5.32 Å². The Labute approximate surface area is 76.9 Å². The Balaban J connectivity index is 2.03. The van der Waals surface area contributed by atoms with Gasteiger partial charge in [-0.1, -0.05) is 33.1 Å². The third kappa shape index (κ3) is 3.57. The van der Waals surface area contributed by atoms with Gasteiger partial charge in [0.25, 0.3) is 0 Å². The van der Waals surface area contributed by atoms with Crippen molar-refractivity contribution in [2.24, 2.45) is 5.92 Å². The van der Waals surface area contributed by atoms with Gasteiger partial charge in [-0.3, -0.25) is 0 Å². The largest absolute Gasteiger partial charge is 0.314 e. The van der Waals surface area contributed by atoms with Crippen molar-refractivity contribution >= 4 is 0 Å². The predicted octanol–water partition coefficient (Wildman–Crippen LogP) is 2.95. The highest BCUT2D eigenvalue weighted by Crippen LogP contribution is 2.18. The molecule has 0 bridgehead atoms. The van der Waals surface area contributed by atoms with Crippen LogP contribution in [-0.4, -0.2) is 12.6 Å². The van der Waals surface area contributed by atoms with Gasteiger partial charge >= 0.3 is 0 Å². The molecule has 0 saturated carbocycles. The van der Waals surface area contributed by atoms with Gasteiger partial charge in [-0.2, -0.15) is 0 Å². The fraction of sp³-hybridized carbons (Fsp3) is 1.00. The number of hydrogen-bond donors (Lipinski definition) is 1. The van der Waals surface area contributed by atoms with E-state index in [9.17, 15) is 0 Å². The molecule has 1 saturated heterocycles. The van der Waals surface area contributed by atoms with Crippen LogP contribution in [0.25, 0.3) is 0 Å². The van der Waals surface area contributed by atoms with Gasteiger partial charge in [0.1, 0.15) is 0 Å². The van der Waals surface area contributed by atoms with Crippen LogP contribution >= 0.6 is 0 Å². The first-order valence-electron chi connectivity index (χ1n) is 5.56. The predicted molar refractivity (Wildman–Crippen MR) is 54.3 cm³/mol. The highest BCUT2D eigenvalue weighted by atomic mass is 14.9. The number of rotatable bonds is 5. The van der Waals surface area contributed by atoms with Crippen LogP contribution in [0.2, 0.25) is 0 Å². The van der Waals surface area contributed by atoms with Crippen LogP contribution in [0.1, 0.15) is 52.4 Å². The lowest BCUT2D eigenvalue weighted by molar-refractivity contribution is 0.405. The van der Waals surface area contributed by atoms with Crippen molar-refractivity contribution < 1.29 is 0 Å². The molecule has 1 rings (SSSR count). The van der Waals surface area contributed by atoms with Gasteiger partial charge in [-0.25, -0.2) is 0 Å². The van der Waals surface area contributed by atoms with Crippen LogP contribution in [0.4, 0.5) is 0 Å². The lowest BCUT2D eigenvalue weighted by atomic mass is 9.96. The van der Waals surface area contributed by atoms with E-state index in [0.717, 1.165) is 12.0 Å². The van der Waals surface area contributed by atoms with E-state index in [1.54, 1.807) is 0 Å². The second-order valence-corrected chi connectivity index (χ2v) is 4.28. The molecule has 72 valence electrons. The summed E-state index contributed by atoms with van der Waals surface area (Å²) in [5, 5.41) is 3.56. The molecule has 1 fully saturated rings. The summed E-state index contributed by atoms with van der Waals surface area (Å²) in [5.41, 5.74) is 0. The van der Waals surface area contributed by atoms with E-state index < -0.39 is 0 Å². The van der Waals surface area contributed by atoms with Gasteiger partial charge in [-0.15, -0.1) is 0 Å². The summed E-state index contributed by atoms with van der Waals surface area (Å²) >= 11 is 0. The molecule has 0 radical (unpaired) electrons. The van der Waals surface area contributed by atoms with Crippen molar-refractivity contribution in [3.63, 3.8) is 0 Å². The Kier molecular flexibility index (Phi) is 4.67. The van der Waals surface area contributed by atoms with E-state index >= 15 is 0 Å². The number of unbranched alkanes of at least 4 members (excludes halogenated alkanes) is 1. The lowest BCUT2D eigenvalue weighted by Crippen LogP contribution is -2.23. The Bertz CT molecular complexity index is 106. The topological polar surface area (TPSA) is 12.0 Å². The highest BCUT2D eigenvalue weighted by molar-refractivity contribution is 4.75. The summed E-state index contributed by atoms with van der Waals surface area (Å²) in [7, 11) is 0. The Hall–Kier alpha value is -0.0400.